The Morgan fingerprint density at radius 1 is 1.29 bits per heavy atom. The standard InChI is InChI=1S/C16H23N3O2/c1-11-10-14-15(19(12(11)2)13(3)20)4-5-16(17-14)18-6-8-21-9-7-18/h4-5,11-12H,6-10H2,1-3H3/t11-,12+/m1/s1. The van der Waals surface area contributed by atoms with Crippen LogP contribution in [0.3, 0.4) is 0 Å². The SMILES string of the molecule is CC(=O)N1c2ccc(N3CCOCC3)nc2C[C@@H](C)[C@@H]1C. The molecule has 3 rings (SSSR count). The zero-order chi connectivity index (χ0) is 15.0. The fourth-order valence-electron chi connectivity index (χ4n) is 3.23. The summed E-state index contributed by atoms with van der Waals surface area (Å²) in [5.41, 5.74) is 2.02. The number of fused-ring (bicyclic) bond motifs is 1. The molecule has 0 spiro atoms. The third kappa shape index (κ3) is 2.62. The summed E-state index contributed by atoms with van der Waals surface area (Å²) >= 11 is 0. The molecule has 2 aliphatic heterocycles. The van der Waals surface area contributed by atoms with Crippen molar-refractivity contribution in [3.05, 3.63) is 17.8 Å². The molecule has 0 saturated carbocycles. The summed E-state index contributed by atoms with van der Waals surface area (Å²) in [5, 5.41) is 0. The maximum atomic E-state index is 12.0. The topological polar surface area (TPSA) is 45.7 Å². The van der Waals surface area contributed by atoms with E-state index in [9.17, 15) is 4.79 Å². The Hall–Kier alpha value is -1.62. The molecule has 0 unspecified atom stereocenters. The average Bonchev–Trinajstić information content (AvgIpc) is 2.48. The van der Waals surface area contributed by atoms with Gasteiger partial charge in [-0.2, -0.15) is 0 Å². The van der Waals surface area contributed by atoms with E-state index in [1.807, 2.05) is 11.0 Å². The minimum absolute atomic E-state index is 0.0937. The number of pyridine rings is 1. The molecule has 3 heterocycles. The van der Waals surface area contributed by atoms with Crippen molar-refractivity contribution in [2.45, 2.75) is 33.2 Å². The minimum Gasteiger partial charge on any atom is -0.378 e. The third-order valence-electron chi connectivity index (χ3n) is 4.62. The van der Waals surface area contributed by atoms with E-state index in [0.717, 1.165) is 49.9 Å². The predicted octanol–water partition coefficient (Wildman–Crippen LogP) is 1.85. The van der Waals surface area contributed by atoms with Crippen molar-refractivity contribution in [2.24, 2.45) is 5.92 Å². The summed E-state index contributed by atoms with van der Waals surface area (Å²) in [6, 6.07) is 4.31. The number of hydrogen-bond donors (Lipinski definition) is 0. The lowest BCUT2D eigenvalue weighted by atomic mass is 9.90. The second-order valence-corrected chi connectivity index (χ2v) is 6.05. The molecule has 0 radical (unpaired) electrons. The molecule has 5 heteroatoms. The van der Waals surface area contributed by atoms with Crippen molar-refractivity contribution in [1.82, 2.24) is 4.98 Å². The van der Waals surface area contributed by atoms with Crippen molar-refractivity contribution in [2.75, 3.05) is 36.1 Å². The van der Waals surface area contributed by atoms with Gasteiger partial charge in [0.25, 0.3) is 0 Å². The van der Waals surface area contributed by atoms with Crippen LogP contribution in [0.2, 0.25) is 0 Å². The zero-order valence-electron chi connectivity index (χ0n) is 13.0. The van der Waals surface area contributed by atoms with Gasteiger partial charge in [-0.25, -0.2) is 4.98 Å². The fourth-order valence-corrected chi connectivity index (χ4v) is 3.23. The van der Waals surface area contributed by atoms with Gasteiger partial charge < -0.3 is 14.5 Å². The average molecular weight is 289 g/mol. The van der Waals surface area contributed by atoms with Gasteiger partial charge in [-0.15, -0.1) is 0 Å². The van der Waals surface area contributed by atoms with E-state index in [-0.39, 0.29) is 11.9 Å². The summed E-state index contributed by atoms with van der Waals surface area (Å²) in [4.78, 5) is 20.9. The number of carbonyl (C=O) groups is 1. The lowest BCUT2D eigenvalue weighted by molar-refractivity contribution is -0.117. The second-order valence-electron chi connectivity index (χ2n) is 6.05. The van der Waals surface area contributed by atoms with Gasteiger partial charge in [-0.1, -0.05) is 6.92 Å². The van der Waals surface area contributed by atoms with Crippen LogP contribution in [0.4, 0.5) is 11.5 Å². The molecule has 5 nitrogen and oxygen atoms in total. The van der Waals surface area contributed by atoms with Crippen LogP contribution in [-0.2, 0) is 16.0 Å². The third-order valence-corrected chi connectivity index (χ3v) is 4.62. The molecular formula is C16H23N3O2. The van der Waals surface area contributed by atoms with Crippen molar-refractivity contribution in [3.8, 4) is 0 Å². The van der Waals surface area contributed by atoms with Crippen LogP contribution in [0.15, 0.2) is 12.1 Å². The highest BCUT2D eigenvalue weighted by molar-refractivity contribution is 5.93. The van der Waals surface area contributed by atoms with E-state index in [1.54, 1.807) is 6.92 Å². The van der Waals surface area contributed by atoms with Crippen molar-refractivity contribution in [1.29, 1.82) is 0 Å². The van der Waals surface area contributed by atoms with E-state index in [0.29, 0.717) is 5.92 Å². The van der Waals surface area contributed by atoms with E-state index in [4.69, 9.17) is 9.72 Å². The maximum absolute atomic E-state index is 12.0. The Labute approximate surface area is 125 Å². The van der Waals surface area contributed by atoms with Crippen LogP contribution < -0.4 is 9.80 Å². The minimum atomic E-state index is 0.0937. The first-order valence-electron chi connectivity index (χ1n) is 7.70. The van der Waals surface area contributed by atoms with Crippen LogP contribution in [0.1, 0.15) is 26.5 Å². The molecule has 1 aromatic heterocycles. The monoisotopic (exact) mass is 289 g/mol. The molecule has 2 aliphatic rings. The largest absolute Gasteiger partial charge is 0.378 e. The smallest absolute Gasteiger partial charge is 0.224 e. The quantitative estimate of drug-likeness (QED) is 0.791. The predicted molar refractivity (Wildman–Crippen MR) is 82.8 cm³/mol. The number of nitrogens with zero attached hydrogens (tertiary/aromatic N) is 3. The molecule has 21 heavy (non-hydrogen) atoms. The van der Waals surface area contributed by atoms with Crippen molar-refractivity contribution < 1.29 is 9.53 Å². The number of aromatic nitrogens is 1. The number of ether oxygens (including phenoxy) is 1. The molecule has 1 aromatic rings. The van der Waals surface area contributed by atoms with Crippen molar-refractivity contribution >= 4 is 17.4 Å². The zero-order valence-corrected chi connectivity index (χ0v) is 13.0. The summed E-state index contributed by atoms with van der Waals surface area (Å²) in [7, 11) is 0. The van der Waals surface area contributed by atoms with E-state index in [1.165, 1.54) is 0 Å². The highest BCUT2D eigenvalue weighted by Crippen LogP contribution is 2.34. The van der Waals surface area contributed by atoms with Gasteiger partial charge in [-0.3, -0.25) is 4.79 Å². The normalized spacial score (nSPS) is 25.7. The summed E-state index contributed by atoms with van der Waals surface area (Å²) in [6.45, 7) is 9.21. The van der Waals surface area contributed by atoms with Crippen LogP contribution in [0.5, 0.6) is 0 Å². The van der Waals surface area contributed by atoms with Gasteiger partial charge in [0.15, 0.2) is 0 Å². The van der Waals surface area contributed by atoms with Crippen LogP contribution in [-0.4, -0.2) is 43.2 Å². The van der Waals surface area contributed by atoms with E-state index >= 15 is 0 Å². The Morgan fingerprint density at radius 2 is 2.00 bits per heavy atom. The van der Waals surface area contributed by atoms with Crippen LogP contribution in [0, 0.1) is 5.92 Å². The van der Waals surface area contributed by atoms with Gasteiger partial charge in [0, 0.05) is 26.1 Å². The molecule has 0 N–H and O–H groups in total. The number of hydrogen-bond acceptors (Lipinski definition) is 4. The molecule has 2 atom stereocenters. The molecule has 1 amide bonds. The Morgan fingerprint density at radius 3 is 2.67 bits per heavy atom. The number of carbonyl (C=O) groups excluding carboxylic acids is 1. The number of amides is 1. The number of rotatable bonds is 1. The Bertz CT molecular complexity index is 540. The van der Waals surface area contributed by atoms with Crippen LogP contribution >= 0.6 is 0 Å². The van der Waals surface area contributed by atoms with Gasteiger partial charge in [0.05, 0.1) is 24.6 Å². The van der Waals surface area contributed by atoms with Crippen LogP contribution in [0.25, 0.3) is 0 Å². The molecule has 1 fully saturated rings. The first-order valence-corrected chi connectivity index (χ1v) is 7.70. The highest BCUT2D eigenvalue weighted by atomic mass is 16.5. The lowest BCUT2D eigenvalue weighted by Gasteiger charge is -2.39. The fraction of sp³-hybridized carbons (Fsp3) is 0.625. The molecular weight excluding hydrogens is 266 g/mol. The van der Waals surface area contributed by atoms with E-state index in [2.05, 4.69) is 24.8 Å². The van der Waals surface area contributed by atoms with Gasteiger partial charge in [0.1, 0.15) is 5.82 Å². The maximum Gasteiger partial charge on any atom is 0.224 e. The van der Waals surface area contributed by atoms with Gasteiger partial charge >= 0.3 is 0 Å². The number of morpholine rings is 1. The molecule has 114 valence electrons. The first kappa shape index (κ1) is 14.3. The second kappa shape index (κ2) is 5.64. The summed E-state index contributed by atoms with van der Waals surface area (Å²) in [5.74, 6) is 1.52. The Kier molecular flexibility index (Phi) is 3.85. The summed E-state index contributed by atoms with van der Waals surface area (Å²) < 4.78 is 5.39. The Balaban J connectivity index is 1.94. The van der Waals surface area contributed by atoms with E-state index < -0.39 is 0 Å². The number of anilines is 2. The molecule has 0 aliphatic carbocycles. The first-order chi connectivity index (χ1) is 10.1. The molecule has 0 aromatic carbocycles. The van der Waals surface area contributed by atoms with Crippen molar-refractivity contribution in [3.63, 3.8) is 0 Å². The van der Waals surface area contributed by atoms with Gasteiger partial charge in [-0.05, 0) is 31.4 Å². The van der Waals surface area contributed by atoms with Gasteiger partial charge in [0.2, 0.25) is 5.91 Å². The summed E-state index contributed by atoms with van der Waals surface area (Å²) in [6.07, 6.45) is 0.929. The highest BCUT2D eigenvalue weighted by Gasteiger charge is 2.32. The lowest BCUT2D eigenvalue weighted by Crippen LogP contribution is -2.46. The molecule has 1 saturated heterocycles. The molecule has 0 bridgehead atoms.